The van der Waals surface area contributed by atoms with Gasteiger partial charge in [0.15, 0.2) is 0 Å². The van der Waals surface area contributed by atoms with E-state index in [0.29, 0.717) is 5.56 Å². The van der Waals surface area contributed by atoms with Crippen molar-refractivity contribution in [1.82, 2.24) is 9.62 Å². The van der Waals surface area contributed by atoms with E-state index >= 15 is 0 Å². The van der Waals surface area contributed by atoms with E-state index in [1.54, 1.807) is 20.2 Å². The summed E-state index contributed by atoms with van der Waals surface area (Å²) < 4.78 is 27.4. The number of carbonyl (C=O) groups is 2. The van der Waals surface area contributed by atoms with Gasteiger partial charge in [-0.25, -0.2) is 13.1 Å². The number of rotatable bonds is 9. The van der Waals surface area contributed by atoms with Gasteiger partial charge in [-0.3, -0.25) is 9.59 Å². The van der Waals surface area contributed by atoms with Gasteiger partial charge in [0.05, 0.1) is 4.90 Å². The molecule has 0 atom stereocenters. The molecule has 0 bridgehead atoms. The molecule has 41 heavy (non-hydrogen) atoms. The van der Waals surface area contributed by atoms with E-state index < -0.39 is 15.9 Å². The molecule has 2 amide bonds. The number of allylic oxidation sites excluding steroid dienone is 1. The molecule has 1 N–H and O–H groups in total. The molecule has 0 aliphatic carbocycles. The molecule has 208 valence electrons. The minimum atomic E-state index is -4.10. The third-order valence-corrected chi connectivity index (χ3v) is 7.88. The molecule has 7 heteroatoms. The Morgan fingerprint density at radius 1 is 0.707 bits per heavy atom. The van der Waals surface area contributed by atoms with Crippen molar-refractivity contribution in [1.29, 1.82) is 0 Å². The van der Waals surface area contributed by atoms with E-state index in [1.807, 2.05) is 65.4 Å². The van der Waals surface area contributed by atoms with E-state index in [2.05, 4.69) is 31.2 Å². The Kier molecular flexibility index (Phi) is 9.32. The quantitative estimate of drug-likeness (QED) is 0.192. The molecule has 0 saturated carbocycles. The lowest BCUT2D eigenvalue weighted by Crippen LogP contribution is -2.29. The fourth-order valence-corrected chi connectivity index (χ4v) is 5.42. The van der Waals surface area contributed by atoms with E-state index in [1.165, 1.54) is 40.8 Å². The number of nitrogens with zero attached hydrogens (tertiary/aromatic N) is 1. The van der Waals surface area contributed by atoms with Crippen LogP contribution in [0.25, 0.3) is 17.2 Å². The second-order valence-electron chi connectivity index (χ2n) is 9.59. The number of amides is 2. The molecule has 0 heterocycles. The highest BCUT2D eigenvalue weighted by Gasteiger charge is 2.18. The molecular weight excluding hydrogens is 532 g/mol. The van der Waals surface area contributed by atoms with Crippen LogP contribution in [0.4, 0.5) is 0 Å². The standard InChI is InChI=1S/C34H32N2O4S/c1-4-31(26-11-7-5-8-12-26)33(27-13-9-6-10-14-27)28-18-15-25(16-19-28)17-24-32(37)35-41(39,40)30-22-20-29(21-23-30)34(38)36(2)3/h5-24H,4H2,1-3H3,(H,35,37). The van der Waals surface area contributed by atoms with Crippen LogP contribution in [0.2, 0.25) is 0 Å². The fraction of sp³-hybridized carbons (Fsp3) is 0.118. The van der Waals surface area contributed by atoms with Crippen molar-refractivity contribution in [2.24, 2.45) is 0 Å². The summed E-state index contributed by atoms with van der Waals surface area (Å²) in [5, 5.41) is 0. The van der Waals surface area contributed by atoms with Gasteiger partial charge in [0, 0.05) is 25.7 Å². The zero-order chi connectivity index (χ0) is 29.4. The first-order valence-electron chi connectivity index (χ1n) is 13.2. The molecule has 4 aromatic carbocycles. The molecule has 0 fully saturated rings. The van der Waals surface area contributed by atoms with E-state index in [9.17, 15) is 18.0 Å². The predicted molar refractivity (Wildman–Crippen MR) is 164 cm³/mol. The first-order chi connectivity index (χ1) is 19.7. The minimum Gasteiger partial charge on any atom is -0.345 e. The third kappa shape index (κ3) is 7.26. The Morgan fingerprint density at radius 3 is 1.76 bits per heavy atom. The molecule has 0 aromatic heterocycles. The van der Waals surface area contributed by atoms with Gasteiger partial charge in [-0.05, 0) is 70.2 Å². The third-order valence-electron chi connectivity index (χ3n) is 6.52. The van der Waals surface area contributed by atoms with Crippen LogP contribution < -0.4 is 4.72 Å². The minimum absolute atomic E-state index is 0.107. The molecule has 0 saturated heterocycles. The Morgan fingerprint density at radius 2 is 1.22 bits per heavy atom. The maximum Gasteiger partial charge on any atom is 0.264 e. The summed E-state index contributed by atoms with van der Waals surface area (Å²) in [5.41, 5.74) is 6.77. The molecule has 0 aliphatic heterocycles. The lowest BCUT2D eigenvalue weighted by molar-refractivity contribution is -0.114. The fourth-order valence-electron chi connectivity index (χ4n) is 4.48. The van der Waals surface area contributed by atoms with Crippen LogP contribution in [0.15, 0.2) is 120 Å². The van der Waals surface area contributed by atoms with Crippen LogP contribution in [-0.4, -0.2) is 39.2 Å². The normalized spacial score (nSPS) is 12.1. The number of sulfonamides is 1. The maximum absolute atomic E-state index is 12.7. The van der Waals surface area contributed by atoms with E-state index in [0.717, 1.165) is 34.2 Å². The summed E-state index contributed by atoms with van der Waals surface area (Å²) in [4.78, 5) is 25.8. The number of benzene rings is 4. The predicted octanol–water partition coefficient (Wildman–Crippen LogP) is 6.28. The molecule has 0 aliphatic rings. The summed E-state index contributed by atoms with van der Waals surface area (Å²) in [6, 6.07) is 33.8. The van der Waals surface area contributed by atoms with Crippen molar-refractivity contribution < 1.29 is 18.0 Å². The summed E-state index contributed by atoms with van der Waals surface area (Å²) in [6.07, 6.45) is 3.60. The Labute approximate surface area is 241 Å². The molecular formula is C34H32N2O4S. The number of hydrogen-bond donors (Lipinski definition) is 1. The van der Waals surface area contributed by atoms with Crippen LogP contribution in [0, 0.1) is 0 Å². The van der Waals surface area contributed by atoms with Crippen LogP contribution in [0.3, 0.4) is 0 Å². The highest BCUT2D eigenvalue weighted by Crippen LogP contribution is 2.34. The van der Waals surface area contributed by atoms with Crippen molar-refractivity contribution in [3.05, 3.63) is 143 Å². The highest BCUT2D eigenvalue weighted by molar-refractivity contribution is 7.90. The maximum atomic E-state index is 12.7. The molecule has 6 nitrogen and oxygen atoms in total. The number of carbonyl (C=O) groups excluding carboxylic acids is 2. The second-order valence-corrected chi connectivity index (χ2v) is 11.3. The Balaban J connectivity index is 1.53. The van der Waals surface area contributed by atoms with Gasteiger partial charge in [0.25, 0.3) is 21.8 Å². The lowest BCUT2D eigenvalue weighted by Gasteiger charge is -2.16. The molecule has 4 rings (SSSR count). The lowest BCUT2D eigenvalue weighted by atomic mass is 9.88. The average molecular weight is 565 g/mol. The monoisotopic (exact) mass is 564 g/mol. The average Bonchev–Trinajstić information content (AvgIpc) is 2.99. The highest BCUT2D eigenvalue weighted by atomic mass is 32.2. The SMILES string of the molecule is CCC(=C(c1ccccc1)c1ccc(C=CC(=O)NS(=O)(=O)c2ccc(C(=O)N(C)C)cc2)cc1)c1ccccc1. The first kappa shape index (κ1) is 29.2. The van der Waals surface area contributed by atoms with Gasteiger partial charge in [0.2, 0.25) is 0 Å². The van der Waals surface area contributed by atoms with Crippen molar-refractivity contribution in [3.63, 3.8) is 0 Å². The summed E-state index contributed by atoms with van der Waals surface area (Å²) >= 11 is 0. The topological polar surface area (TPSA) is 83.5 Å². The van der Waals surface area contributed by atoms with Crippen LogP contribution in [0.1, 0.15) is 46.0 Å². The summed E-state index contributed by atoms with van der Waals surface area (Å²) in [6.45, 7) is 2.15. The van der Waals surface area contributed by atoms with Crippen LogP contribution in [0.5, 0.6) is 0 Å². The molecule has 0 unspecified atom stereocenters. The Hall–Kier alpha value is -4.75. The smallest absolute Gasteiger partial charge is 0.264 e. The van der Waals surface area contributed by atoms with Gasteiger partial charge in [-0.1, -0.05) is 91.9 Å². The van der Waals surface area contributed by atoms with Gasteiger partial charge in [0.1, 0.15) is 0 Å². The van der Waals surface area contributed by atoms with Crippen molar-refractivity contribution in [2.45, 2.75) is 18.2 Å². The molecule has 0 radical (unpaired) electrons. The first-order valence-corrected chi connectivity index (χ1v) is 14.7. The summed E-state index contributed by atoms with van der Waals surface area (Å²) in [5.74, 6) is -1.02. The zero-order valence-corrected chi connectivity index (χ0v) is 24.1. The largest absolute Gasteiger partial charge is 0.345 e. The number of hydrogen-bond acceptors (Lipinski definition) is 4. The number of nitrogens with one attached hydrogen (secondary N) is 1. The van der Waals surface area contributed by atoms with E-state index in [-0.39, 0.29) is 10.8 Å². The zero-order valence-electron chi connectivity index (χ0n) is 23.2. The second kappa shape index (κ2) is 13.1. The van der Waals surface area contributed by atoms with Crippen LogP contribution >= 0.6 is 0 Å². The van der Waals surface area contributed by atoms with Gasteiger partial charge < -0.3 is 4.90 Å². The van der Waals surface area contributed by atoms with Crippen molar-refractivity contribution in [3.8, 4) is 0 Å². The van der Waals surface area contributed by atoms with Crippen molar-refractivity contribution >= 4 is 39.1 Å². The summed E-state index contributed by atoms with van der Waals surface area (Å²) in [7, 11) is -0.875. The molecule has 0 spiro atoms. The van der Waals surface area contributed by atoms with E-state index in [4.69, 9.17) is 0 Å². The van der Waals surface area contributed by atoms with Gasteiger partial charge in [-0.2, -0.15) is 0 Å². The van der Waals surface area contributed by atoms with Crippen LogP contribution in [-0.2, 0) is 14.8 Å². The van der Waals surface area contributed by atoms with Gasteiger partial charge >= 0.3 is 0 Å². The Bertz CT molecular complexity index is 1670. The molecule has 4 aromatic rings. The van der Waals surface area contributed by atoms with Crippen molar-refractivity contribution in [2.75, 3.05) is 14.1 Å². The van der Waals surface area contributed by atoms with Gasteiger partial charge in [-0.15, -0.1) is 0 Å².